The van der Waals surface area contributed by atoms with E-state index in [0.717, 1.165) is 0 Å². The van der Waals surface area contributed by atoms with Gasteiger partial charge >= 0.3 is 31.2 Å². The normalized spacial score (nSPS) is 36.6. The molecule has 2 aliphatic heterocycles. The molecule has 2 aliphatic rings. The molecule has 0 radical (unpaired) electrons. The van der Waals surface area contributed by atoms with E-state index in [9.17, 15) is 49.7 Å². The molecule has 0 aromatic heterocycles. The van der Waals surface area contributed by atoms with Gasteiger partial charge in [-0.1, -0.05) is 0 Å². The van der Waals surface area contributed by atoms with Crippen LogP contribution >= 0.6 is 0 Å². The van der Waals surface area contributed by atoms with Gasteiger partial charge in [0.2, 0.25) is 0 Å². The Kier molecular flexibility index (Phi) is 13.4. The Hall–Kier alpha value is -0.710. The van der Waals surface area contributed by atoms with Crippen molar-refractivity contribution in [3.8, 4) is 0 Å². The number of methoxy groups -OCH3 is 2. The van der Waals surface area contributed by atoms with Crippen molar-refractivity contribution in [2.45, 2.75) is 55.3 Å². The maximum atomic E-state index is 11.4. The van der Waals surface area contributed by atoms with Crippen molar-refractivity contribution < 1.29 is 90.5 Å². The Morgan fingerprint density at radius 1 is 0.714 bits per heavy atom. The summed E-state index contributed by atoms with van der Waals surface area (Å²) in [7, 11) is -12.8. The van der Waals surface area contributed by atoms with Crippen LogP contribution in [0.25, 0.3) is 0 Å². The molecule has 20 nitrogen and oxygen atoms in total. The second-order valence-corrected chi connectivity index (χ2v) is 12.9. The molecule has 23 heteroatoms. The number of aliphatic hydroxyl groups is 3. The maximum Gasteiger partial charge on any atom is 0.397 e. The average Bonchev–Trinajstić information content (AvgIpc) is 2.85. The fourth-order valence-corrected chi connectivity index (χ4v) is 6.25. The first-order valence-electron chi connectivity index (χ1n) is 12.0. The summed E-state index contributed by atoms with van der Waals surface area (Å²) >= 11 is 0. The van der Waals surface area contributed by atoms with Gasteiger partial charge in [-0.05, 0) is 6.92 Å². The third kappa shape index (κ3) is 10.7. The van der Waals surface area contributed by atoms with Gasteiger partial charge in [0.25, 0.3) is 0 Å². The number of hydrogen-bond acceptors (Lipinski definition) is 17. The third-order valence-corrected chi connectivity index (χ3v) is 7.99. The monoisotopic (exact) mass is 680 g/mol. The molecule has 6 N–H and O–H groups in total. The van der Waals surface area contributed by atoms with Crippen LogP contribution in [0.4, 0.5) is 0 Å². The van der Waals surface area contributed by atoms with Gasteiger partial charge in [0.15, 0.2) is 0 Å². The van der Waals surface area contributed by atoms with Crippen LogP contribution in [0.3, 0.4) is 0 Å². The largest absolute Gasteiger partial charge is 0.397 e. The Labute approximate surface area is 242 Å². The summed E-state index contributed by atoms with van der Waals surface area (Å²) in [6.07, 6.45) is -10.9. The predicted octanol–water partition coefficient (Wildman–Crippen LogP) is -3.64. The Balaban J connectivity index is 2.28. The van der Waals surface area contributed by atoms with E-state index in [1.165, 1.54) is 21.1 Å². The van der Waals surface area contributed by atoms with E-state index in [2.05, 4.69) is 12.5 Å². The van der Waals surface area contributed by atoms with E-state index in [0.29, 0.717) is 0 Å². The van der Waals surface area contributed by atoms with Gasteiger partial charge in [-0.15, -0.1) is 0 Å². The molecule has 4 unspecified atom stereocenters. The molecular weight excluding hydrogens is 644 g/mol. The average molecular weight is 681 g/mol. The van der Waals surface area contributed by atoms with Crippen LogP contribution in [0.2, 0.25) is 0 Å². The predicted molar refractivity (Wildman–Crippen MR) is 133 cm³/mol. The first kappa shape index (κ1) is 37.5. The van der Waals surface area contributed by atoms with Crippen LogP contribution in [0, 0.1) is 11.8 Å². The highest BCUT2D eigenvalue weighted by Crippen LogP contribution is 2.37. The highest BCUT2D eigenvalue weighted by atomic mass is 32.3. The van der Waals surface area contributed by atoms with Gasteiger partial charge < -0.3 is 39.0 Å². The molecule has 2 fully saturated rings. The lowest BCUT2D eigenvalue weighted by Gasteiger charge is -2.49. The molecule has 0 amide bonds. The lowest BCUT2D eigenvalue weighted by atomic mass is 9.80. The van der Waals surface area contributed by atoms with E-state index in [4.69, 9.17) is 28.2 Å². The van der Waals surface area contributed by atoms with Crippen molar-refractivity contribution in [2.75, 3.05) is 53.9 Å². The van der Waals surface area contributed by atoms with Gasteiger partial charge in [-0.25, -0.2) is 12.5 Å². The fourth-order valence-electron chi connectivity index (χ4n) is 4.82. The molecule has 0 bridgehead atoms. The smallest absolute Gasteiger partial charge is 0.393 e. The van der Waals surface area contributed by atoms with Gasteiger partial charge in [-0.3, -0.25) is 13.7 Å². The van der Waals surface area contributed by atoms with Gasteiger partial charge in [0.1, 0.15) is 30.0 Å². The van der Waals surface area contributed by atoms with Crippen LogP contribution in [0.1, 0.15) is 6.92 Å². The summed E-state index contributed by atoms with van der Waals surface area (Å²) in [5.41, 5.74) is -1.83. The standard InChI is InChI=1S/C19H36O20S3/c1-19(9-20)18(39-42(29,30)31)11(4-32-2)15(21)13(37-19)7-34-5-10-12(8-35-40(23,24)25)36-14(6-33-3)17(16(10)22)38-41(26,27)28/h10-18,20-22H,4-9H2,1-3H3,(H,23,24,25)(H,26,27,28)(H,29,30,31)/t10-,11-,12?,13-,14+,15?,16+,17?,18+,19?/m0/s1. The van der Waals surface area contributed by atoms with E-state index in [1.807, 2.05) is 0 Å². The SMILES string of the molecule is COC[C@H]1OC(COS(=O)(=O)O)[C@H](COC[C@@H]2OC(C)(CO)[C@H](OS(=O)(=O)O)[C@@H](COC)C2O)[C@@H](O)C1OS(=O)(=O)O. The molecule has 250 valence electrons. The summed E-state index contributed by atoms with van der Waals surface area (Å²) in [6, 6.07) is 0. The van der Waals surface area contributed by atoms with Crippen molar-refractivity contribution in [1.82, 2.24) is 0 Å². The fraction of sp³-hybridized carbons (Fsp3) is 1.00. The van der Waals surface area contributed by atoms with Crippen LogP contribution in [-0.2, 0) is 67.4 Å². The molecule has 10 atom stereocenters. The minimum Gasteiger partial charge on any atom is -0.393 e. The minimum absolute atomic E-state index is 0.323. The van der Waals surface area contributed by atoms with Crippen molar-refractivity contribution >= 4 is 31.2 Å². The zero-order chi connectivity index (χ0) is 32.1. The zero-order valence-corrected chi connectivity index (χ0v) is 25.0. The van der Waals surface area contributed by atoms with E-state index in [-0.39, 0.29) is 6.61 Å². The first-order chi connectivity index (χ1) is 19.2. The van der Waals surface area contributed by atoms with Crippen molar-refractivity contribution in [2.24, 2.45) is 11.8 Å². The summed E-state index contributed by atoms with van der Waals surface area (Å²) in [5, 5.41) is 31.8. The summed E-state index contributed by atoms with van der Waals surface area (Å²) in [5.74, 6) is -2.56. The molecule has 0 spiro atoms. The second kappa shape index (κ2) is 15.0. The molecule has 42 heavy (non-hydrogen) atoms. The number of rotatable bonds is 16. The molecule has 0 aromatic carbocycles. The molecule has 0 aromatic rings. The van der Waals surface area contributed by atoms with E-state index < -0.39 is 124 Å². The van der Waals surface area contributed by atoms with E-state index in [1.54, 1.807) is 0 Å². The van der Waals surface area contributed by atoms with Gasteiger partial charge in [0, 0.05) is 26.1 Å². The second-order valence-electron chi connectivity index (χ2n) is 9.74. The molecular formula is C19H36O20S3. The third-order valence-electron chi connectivity index (χ3n) is 6.64. The number of hydrogen-bond donors (Lipinski definition) is 6. The van der Waals surface area contributed by atoms with E-state index >= 15 is 0 Å². The quantitative estimate of drug-likeness (QED) is 0.0857. The lowest BCUT2D eigenvalue weighted by molar-refractivity contribution is -0.267. The molecule has 2 saturated heterocycles. The summed E-state index contributed by atoms with van der Waals surface area (Å²) in [6.45, 7) is -2.35. The molecule has 0 aliphatic carbocycles. The van der Waals surface area contributed by atoms with Crippen LogP contribution in [0.15, 0.2) is 0 Å². The molecule has 2 heterocycles. The minimum atomic E-state index is -5.14. The topological polar surface area (TPSA) is 298 Å². The van der Waals surface area contributed by atoms with Gasteiger partial charge in [-0.2, -0.15) is 25.3 Å². The molecule has 0 saturated carbocycles. The summed E-state index contributed by atoms with van der Waals surface area (Å²) < 4.78 is 136. The van der Waals surface area contributed by atoms with Crippen molar-refractivity contribution in [1.29, 1.82) is 0 Å². The van der Waals surface area contributed by atoms with Crippen LogP contribution < -0.4 is 0 Å². The summed E-state index contributed by atoms with van der Waals surface area (Å²) in [4.78, 5) is 0. The zero-order valence-electron chi connectivity index (χ0n) is 22.6. The van der Waals surface area contributed by atoms with Crippen LogP contribution in [-0.4, -0.2) is 156 Å². The molecule has 2 rings (SSSR count). The highest BCUT2D eigenvalue weighted by Gasteiger charge is 2.54. The number of aliphatic hydroxyl groups excluding tert-OH is 3. The Morgan fingerprint density at radius 3 is 1.81 bits per heavy atom. The Bertz CT molecular complexity index is 1170. The maximum absolute atomic E-state index is 11.4. The number of ether oxygens (including phenoxy) is 5. The van der Waals surface area contributed by atoms with Crippen molar-refractivity contribution in [3.05, 3.63) is 0 Å². The highest BCUT2D eigenvalue weighted by molar-refractivity contribution is 7.81. The Morgan fingerprint density at radius 2 is 1.31 bits per heavy atom. The van der Waals surface area contributed by atoms with Crippen molar-refractivity contribution in [3.63, 3.8) is 0 Å². The lowest BCUT2D eigenvalue weighted by Crippen LogP contribution is -2.65. The van der Waals surface area contributed by atoms with Gasteiger partial charge in [0.05, 0.1) is 58.0 Å². The van der Waals surface area contributed by atoms with Crippen LogP contribution in [0.5, 0.6) is 0 Å². The first-order valence-corrected chi connectivity index (χ1v) is 16.1.